The first-order chi connectivity index (χ1) is 14.3. The number of rotatable bonds is 8. The Morgan fingerprint density at radius 3 is 2.30 bits per heavy atom. The second-order valence-corrected chi connectivity index (χ2v) is 7.49. The monoisotopic (exact) mass is 414 g/mol. The van der Waals surface area contributed by atoms with Crippen molar-refractivity contribution in [1.29, 1.82) is 0 Å². The van der Waals surface area contributed by atoms with E-state index in [1.165, 1.54) is 24.3 Å². The van der Waals surface area contributed by atoms with Crippen LogP contribution in [-0.2, 0) is 11.3 Å². The summed E-state index contributed by atoms with van der Waals surface area (Å²) in [4.78, 5) is 40.2. The number of esters is 1. The molecule has 30 heavy (non-hydrogen) atoms. The van der Waals surface area contributed by atoms with Crippen LogP contribution in [0.4, 0.5) is 4.39 Å². The van der Waals surface area contributed by atoms with Gasteiger partial charge in [-0.15, -0.1) is 0 Å². The molecule has 0 radical (unpaired) electrons. The highest BCUT2D eigenvalue weighted by Crippen LogP contribution is 2.30. The first-order valence-corrected chi connectivity index (χ1v) is 10.3. The van der Waals surface area contributed by atoms with Crippen molar-refractivity contribution in [2.75, 3.05) is 13.2 Å². The van der Waals surface area contributed by atoms with Gasteiger partial charge in [-0.2, -0.15) is 0 Å². The van der Waals surface area contributed by atoms with E-state index >= 15 is 0 Å². The summed E-state index contributed by atoms with van der Waals surface area (Å²) in [5.41, 5.74) is 2.44. The van der Waals surface area contributed by atoms with Crippen molar-refractivity contribution in [2.45, 2.75) is 53.1 Å². The van der Waals surface area contributed by atoms with E-state index in [9.17, 15) is 18.8 Å². The second-order valence-electron chi connectivity index (χ2n) is 7.49. The summed E-state index contributed by atoms with van der Waals surface area (Å²) in [5, 5.41) is 0. The van der Waals surface area contributed by atoms with Crippen molar-refractivity contribution in [2.24, 2.45) is 0 Å². The van der Waals surface area contributed by atoms with Crippen LogP contribution in [0.25, 0.3) is 0 Å². The van der Waals surface area contributed by atoms with Crippen molar-refractivity contribution in [3.05, 3.63) is 58.2 Å². The maximum Gasteiger partial charge on any atom is 0.355 e. The number of ketones is 1. The minimum absolute atomic E-state index is 0.00454. The Morgan fingerprint density at radius 2 is 1.77 bits per heavy atom. The number of carbonyl (C=O) groups is 3. The largest absolute Gasteiger partial charge is 0.461 e. The van der Waals surface area contributed by atoms with Gasteiger partial charge in [-0.05, 0) is 70.4 Å². The zero-order valence-corrected chi connectivity index (χ0v) is 17.8. The van der Waals surface area contributed by atoms with E-state index in [1.807, 2.05) is 6.92 Å². The maximum absolute atomic E-state index is 13.3. The fourth-order valence-corrected chi connectivity index (χ4v) is 3.91. The average molecular weight is 414 g/mol. The van der Waals surface area contributed by atoms with Gasteiger partial charge in [-0.25, -0.2) is 9.18 Å². The summed E-state index contributed by atoms with van der Waals surface area (Å²) < 4.78 is 20.2. The van der Waals surface area contributed by atoms with Gasteiger partial charge in [-0.3, -0.25) is 9.59 Å². The van der Waals surface area contributed by atoms with E-state index in [0.717, 1.165) is 12.8 Å². The molecule has 0 atom stereocenters. The van der Waals surface area contributed by atoms with Gasteiger partial charge in [0.15, 0.2) is 5.78 Å². The highest BCUT2D eigenvalue weighted by atomic mass is 19.1. The molecule has 1 aliphatic rings. The Labute approximate surface area is 175 Å². The third-order valence-corrected chi connectivity index (χ3v) is 5.48. The minimum atomic E-state index is -0.458. The number of ether oxygens (including phenoxy) is 1. The van der Waals surface area contributed by atoms with E-state index in [0.29, 0.717) is 34.6 Å². The van der Waals surface area contributed by atoms with E-state index in [1.54, 1.807) is 30.2 Å². The molecule has 2 aromatic rings. The molecule has 0 saturated heterocycles. The Morgan fingerprint density at radius 1 is 1.13 bits per heavy atom. The number of amides is 1. The number of hydrogen-bond donors (Lipinski definition) is 0. The Bertz CT molecular complexity index is 974. The molecule has 0 bridgehead atoms. The molecular weight excluding hydrogens is 387 g/mol. The Kier molecular flexibility index (Phi) is 6.39. The fraction of sp³-hybridized carbons (Fsp3) is 0.435. The number of hydrogen-bond acceptors (Lipinski definition) is 4. The SMILES string of the molecule is CCOC(=O)c1c(C)c(C(=O)CN(C(=O)c2ccc(F)cc2)C2CC2)c(C)n1CC. The molecule has 7 heteroatoms. The molecule has 160 valence electrons. The van der Waals surface area contributed by atoms with Crippen molar-refractivity contribution < 1.29 is 23.5 Å². The van der Waals surface area contributed by atoms with Gasteiger partial charge in [0.1, 0.15) is 11.5 Å². The zero-order chi connectivity index (χ0) is 22.0. The second kappa shape index (κ2) is 8.81. The van der Waals surface area contributed by atoms with Crippen LogP contribution in [0.5, 0.6) is 0 Å². The molecule has 6 nitrogen and oxygen atoms in total. The van der Waals surface area contributed by atoms with Crippen molar-refractivity contribution >= 4 is 17.7 Å². The number of Topliss-reactive ketones (excluding diaryl/α,β-unsaturated/α-hetero) is 1. The van der Waals surface area contributed by atoms with Crippen LogP contribution in [0.1, 0.15) is 69.2 Å². The lowest BCUT2D eigenvalue weighted by molar-refractivity contribution is 0.0512. The summed E-state index contributed by atoms with van der Waals surface area (Å²) in [5.74, 6) is -1.38. The molecule has 1 heterocycles. The average Bonchev–Trinajstić information content (AvgIpc) is 3.51. The van der Waals surface area contributed by atoms with Gasteiger partial charge in [0.25, 0.3) is 5.91 Å². The molecule has 1 aromatic heterocycles. The van der Waals surface area contributed by atoms with Crippen LogP contribution in [-0.4, -0.2) is 46.3 Å². The lowest BCUT2D eigenvalue weighted by Gasteiger charge is -2.22. The van der Waals surface area contributed by atoms with Crippen LogP contribution in [0.15, 0.2) is 24.3 Å². The first kappa shape index (κ1) is 21.7. The molecule has 1 saturated carbocycles. The Balaban J connectivity index is 1.91. The van der Waals surface area contributed by atoms with Crippen LogP contribution >= 0.6 is 0 Å². The fourth-order valence-electron chi connectivity index (χ4n) is 3.91. The predicted octanol–water partition coefficient (Wildman–Crippen LogP) is 3.93. The molecule has 1 amide bonds. The van der Waals surface area contributed by atoms with E-state index in [4.69, 9.17) is 4.74 Å². The summed E-state index contributed by atoms with van der Waals surface area (Å²) >= 11 is 0. The van der Waals surface area contributed by atoms with Crippen molar-refractivity contribution in [1.82, 2.24) is 9.47 Å². The minimum Gasteiger partial charge on any atom is -0.461 e. The third kappa shape index (κ3) is 4.15. The molecule has 1 aromatic carbocycles. The van der Waals surface area contributed by atoms with Crippen molar-refractivity contribution in [3.8, 4) is 0 Å². The van der Waals surface area contributed by atoms with Crippen LogP contribution in [0.2, 0.25) is 0 Å². The van der Waals surface area contributed by atoms with Crippen molar-refractivity contribution in [3.63, 3.8) is 0 Å². The van der Waals surface area contributed by atoms with Gasteiger partial charge in [0.05, 0.1) is 13.2 Å². The van der Waals surface area contributed by atoms with Gasteiger partial charge in [0.2, 0.25) is 0 Å². The molecule has 1 fully saturated rings. The normalized spacial score (nSPS) is 13.2. The number of aromatic nitrogens is 1. The number of carbonyl (C=O) groups excluding carboxylic acids is 3. The van der Waals surface area contributed by atoms with Crippen LogP contribution in [0.3, 0.4) is 0 Å². The van der Waals surface area contributed by atoms with Crippen LogP contribution in [0, 0.1) is 19.7 Å². The van der Waals surface area contributed by atoms with Gasteiger partial charge >= 0.3 is 5.97 Å². The summed E-state index contributed by atoms with van der Waals surface area (Å²) in [7, 11) is 0. The molecule has 0 N–H and O–H groups in total. The number of benzene rings is 1. The smallest absolute Gasteiger partial charge is 0.355 e. The van der Waals surface area contributed by atoms with Gasteiger partial charge in [0, 0.05) is 29.4 Å². The lowest BCUT2D eigenvalue weighted by atomic mass is 10.0. The predicted molar refractivity (Wildman–Crippen MR) is 110 cm³/mol. The summed E-state index contributed by atoms with van der Waals surface area (Å²) in [6.07, 6.45) is 1.67. The highest BCUT2D eigenvalue weighted by molar-refractivity contribution is 6.06. The summed E-state index contributed by atoms with van der Waals surface area (Å²) in [6, 6.07) is 5.34. The number of halogens is 1. The molecule has 3 rings (SSSR count). The topological polar surface area (TPSA) is 68.6 Å². The van der Waals surface area contributed by atoms with Crippen LogP contribution < -0.4 is 0 Å². The molecule has 0 aliphatic heterocycles. The van der Waals surface area contributed by atoms with E-state index in [2.05, 4.69) is 0 Å². The molecular formula is C23H27FN2O4. The number of nitrogens with zero attached hydrogens (tertiary/aromatic N) is 2. The molecule has 0 spiro atoms. The van der Waals surface area contributed by atoms with Gasteiger partial charge in [-0.1, -0.05) is 0 Å². The summed E-state index contributed by atoms with van der Waals surface area (Å²) in [6.45, 7) is 7.86. The maximum atomic E-state index is 13.3. The highest BCUT2D eigenvalue weighted by Gasteiger charge is 2.36. The zero-order valence-electron chi connectivity index (χ0n) is 17.8. The third-order valence-electron chi connectivity index (χ3n) is 5.48. The van der Waals surface area contributed by atoms with E-state index < -0.39 is 11.8 Å². The quantitative estimate of drug-likeness (QED) is 0.485. The molecule has 1 aliphatic carbocycles. The van der Waals surface area contributed by atoms with Gasteiger partial charge < -0.3 is 14.2 Å². The lowest BCUT2D eigenvalue weighted by Crippen LogP contribution is -2.37. The van der Waals surface area contributed by atoms with E-state index in [-0.39, 0.29) is 30.9 Å². The first-order valence-electron chi connectivity index (χ1n) is 10.3. The molecule has 0 unspecified atom stereocenters. The standard InChI is InChI=1S/C23H27FN2O4/c1-5-25-15(4)20(14(3)21(25)23(29)30-6-2)19(27)13-26(18-11-12-18)22(28)16-7-9-17(24)10-8-16/h7-10,18H,5-6,11-13H2,1-4H3. The Hall–Kier alpha value is -2.96.